The summed E-state index contributed by atoms with van der Waals surface area (Å²) in [5.74, 6) is -5.26. The molecule has 170 valence electrons. The van der Waals surface area contributed by atoms with Crippen molar-refractivity contribution in [1.29, 1.82) is 0 Å². The molecule has 0 spiro atoms. The molecule has 11 heteroatoms. The number of rotatable bonds is 6. The Morgan fingerprint density at radius 1 is 1.03 bits per heavy atom. The Morgan fingerprint density at radius 2 is 1.69 bits per heavy atom. The highest BCUT2D eigenvalue weighted by Gasteiger charge is 2.46. The zero-order valence-corrected chi connectivity index (χ0v) is 16.4. The second kappa shape index (κ2) is 9.42. The fourth-order valence-electron chi connectivity index (χ4n) is 3.08. The molecule has 1 aliphatic carbocycles. The lowest BCUT2D eigenvalue weighted by Crippen LogP contribution is -2.59. The number of hydrogen-bond donors (Lipinski definition) is 6. The number of ether oxygens (including phenoxy) is 2. The Bertz CT molecular complexity index is 1000. The second-order valence-electron chi connectivity index (χ2n) is 7.03. The predicted octanol–water partition coefficient (Wildman–Crippen LogP) is -1.36. The molecule has 0 unspecified atom stereocenters. The lowest BCUT2D eigenvalue weighted by atomic mass is 9.96. The minimum atomic E-state index is -1.92. The minimum Gasteiger partial charge on any atom is -0.508 e. The third kappa shape index (κ3) is 4.61. The van der Waals surface area contributed by atoms with E-state index in [1.807, 2.05) is 0 Å². The van der Waals surface area contributed by atoms with Crippen molar-refractivity contribution in [2.45, 2.75) is 30.7 Å². The lowest BCUT2D eigenvalue weighted by Gasteiger charge is -2.39. The molecule has 1 saturated heterocycles. The number of aromatic hydroxyl groups is 1. The standard InChI is InChI=1S/C21H20O11/c22-8-14-17(28)18(29)19(30)21(31-14)32-20-15(12(25)7-13(26)16(20)27)11(24)6-3-9-1-4-10(23)5-2-9/h1-7,14,17-19,21-23,25,28-30H,8H2/t14-,17-,18+,19-,21-/m1/s1. The normalized spacial score (nSPS) is 28.8. The number of aliphatic hydroxyl groups is 5. The second-order valence-corrected chi connectivity index (χ2v) is 7.03. The summed E-state index contributed by atoms with van der Waals surface area (Å²) in [5, 5.41) is 58.5. The molecule has 6 N–H and O–H groups in total. The van der Waals surface area contributed by atoms with E-state index in [4.69, 9.17) is 9.47 Å². The van der Waals surface area contributed by atoms with Crippen LogP contribution in [-0.2, 0) is 23.9 Å². The summed E-state index contributed by atoms with van der Waals surface area (Å²) >= 11 is 0. The van der Waals surface area contributed by atoms with Gasteiger partial charge < -0.3 is 40.1 Å². The molecule has 1 aromatic carbocycles. The van der Waals surface area contributed by atoms with Crippen LogP contribution in [0.2, 0.25) is 0 Å². The third-order valence-electron chi connectivity index (χ3n) is 4.83. The molecule has 0 radical (unpaired) electrons. The van der Waals surface area contributed by atoms with Gasteiger partial charge in [0.2, 0.25) is 12.1 Å². The first-order valence-corrected chi connectivity index (χ1v) is 9.36. The van der Waals surface area contributed by atoms with Crippen molar-refractivity contribution >= 4 is 23.4 Å². The monoisotopic (exact) mass is 448 g/mol. The highest BCUT2D eigenvalue weighted by atomic mass is 16.7. The molecular weight excluding hydrogens is 428 g/mol. The van der Waals surface area contributed by atoms with Gasteiger partial charge in [0, 0.05) is 6.08 Å². The van der Waals surface area contributed by atoms with Crippen molar-refractivity contribution in [3.05, 3.63) is 59.1 Å². The number of phenolic OH excluding ortho intramolecular Hbond substituents is 1. The van der Waals surface area contributed by atoms with Crippen molar-refractivity contribution < 1.29 is 54.5 Å². The molecule has 5 atom stereocenters. The van der Waals surface area contributed by atoms with Crippen molar-refractivity contribution in [1.82, 2.24) is 0 Å². The molecule has 0 bridgehead atoms. The third-order valence-corrected chi connectivity index (χ3v) is 4.83. The quantitative estimate of drug-likeness (QED) is 0.171. The van der Waals surface area contributed by atoms with Crippen LogP contribution in [-0.4, -0.2) is 85.3 Å². The number of carbonyl (C=O) groups is 3. The van der Waals surface area contributed by atoms with Gasteiger partial charge in [0.15, 0.2) is 11.5 Å². The summed E-state index contributed by atoms with van der Waals surface area (Å²) in [7, 11) is 0. The van der Waals surface area contributed by atoms with Gasteiger partial charge in [0.25, 0.3) is 5.78 Å². The van der Waals surface area contributed by atoms with Crippen molar-refractivity contribution in [3.63, 3.8) is 0 Å². The van der Waals surface area contributed by atoms with Gasteiger partial charge in [-0.3, -0.25) is 14.4 Å². The molecule has 0 saturated carbocycles. The van der Waals surface area contributed by atoms with Gasteiger partial charge in [-0.15, -0.1) is 0 Å². The van der Waals surface area contributed by atoms with Crippen LogP contribution in [0, 0.1) is 0 Å². The summed E-state index contributed by atoms with van der Waals surface area (Å²) in [5.41, 5.74) is -0.198. The maximum atomic E-state index is 12.7. The lowest BCUT2D eigenvalue weighted by molar-refractivity contribution is -0.290. The first-order valence-electron chi connectivity index (χ1n) is 9.36. The highest BCUT2D eigenvalue weighted by molar-refractivity contribution is 6.49. The SMILES string of the molecule is O=C1C=C(O)C(C(=O)C=Cc2ccc(O)cc2)=C(O[C@H]2O[C@H](CO)[C@@H](O)[C@H](O)[C@H]2O)C1=O. The predicted molar refractivity (Wildman–Crippen MR) is 105 cm³/mol. The van der Waals surface area contributed by atoms with Crippen molar-refractivity contribution in [2.24, 2.45) is 0 Å². The number of carbonyl (C=O) groups excluding carboxylic acids is 3. The Morgan fingerprint density at radius 3 is 2.31 bits per heavy atom. The van der Waals surface area contributed by atoms with Gasteiger partial charge >= 0.3 is 0 Å². The first kappa shape index (κ1) is 23.3. The molecule has 1 heterocycles. The zero-order chi connectivity index (χ0) is 23.6. The Labute approximate surface area is 180 Å². The van der Waals surface area contributed by atoms with Crippen LogP contribution in [0.5, 0.6) is 5.75 Å². The maximum Gasteiger partial charge on any atom is 0.268 e. The fraction of sp³-hybridized carbons (Fsp3) is 0.286. The van der Waals surface area contributed by atoms with Crippen molar-refractivity contribution in [3.8, 4) is 5.75 Å². The average molecular weight is 448 g/mol. The van der Waals surface area contributed by atoms with Gasteiger partial charge in [-0.2, -0.15) is 0 Å². The van der Waals surface area contributed by atoms with Gasteiger partial charge in [0.1, 0.15) is 41.5 Å². The van der Waals surface area contributed by atoms with E-state index >= 15 is 0 Å². The number of phenols is 1. The van der Waals surface area contributed by atoms with Gasteiger partial charge in [-0.1, -0.05) is 18.2 Å². The zero-order valence-electron chi connectivity index (χ0n) is 16.4. The average Bonchev–Trinajstić information content (AvgIpc) is 2.76. The van der Waals surface area contributed by atoms with Gasteiger partial charge in [0.05, 0.1) is 6.61 Å². The van der Waals surface area contributed by atoms with E-state index in [0.29, 0.717) is 11.6 Å². The minimum absolute atomic E-state index is 0.00312. The Kier molecular flexibility index (Phi) is 6.87. The number of ketones is 3. The molecule has 3 rings (SSSR count). The number of hydrogen-bond acceptors (Lipinski definition) is 11. The van der Waals surface area contributed by atoms with Crippen LogP contribution in [0.25, 0.3) is 6.08 Å². The summed E-state index contributed by atoms with van der Waals surface area (Å²) in [6, 6.07) is 5.72. The first-order chi connectivity index (χ1) is 15.1. The van der Waals surface area contributed by atoms with E-state index in [1.165, 1.54) is 30.3 Å². The molecule has 0 aromatic heterocycles. The van der Waals surface area contributed by atoms with E-state index < -0.39 is 71.8 Å². The van der Waals surface area contributed by atoms with Crippen LogP contribution in [0.15, 0.2) is 53.5 Å². The molecule has 32 heavy (non-hydrogen) atoms. The topological polar surface area (TPSA) is 191 Å². The number of benzene rings is 1. The Hall–Kier alpha value is -3.35. The smallest absolute Gasteiger partial charge is 0.268 e. The molecule has 0 amide bonds. The van der Waals surface area contributed by atoms with Gasteiger partial charge in [-0.05, 0) is 23.8 Å². The van der Waals surface area contributed by atoms with Crippen LogP contribution in [0.4, 0.5) is 0 Å². The summed E-state index contributed by atoms with van der Waals surface area (Å²) in [4.78, 5) is 37.0. The van der Waals surface area contributed by atoms with Crippen LogP contribution in [0.1, 0.15) is 5.56 Å². The van der Waals surface area contributed by atoms with Gasteiger partial charge in [-0.25, -0.2) is 0 Å². The van der Waals surface area contributed by atoms with Crippen molar-refractivity contribution in [2.75, 3.05) is 6.61 Å². The van der Waals surface area contributed by atoms with E-state index in [0.717, 1.165) is 6.08 Å². The largest absolute Gasteiger partial charge is 0.508 e. The van der Waals surface area contributed by atoms with Crippen LogP contribution in [0.3, 0.4) is 0 Å². The molecule has 11 nitrogen and oxygen atoms in total. The number of aliphatic hydroxyl groups excluding tert-OH is 5. The molecule has 2 aliphatic rings. The van der Waals surface area contributed by atoms with E-state index in [2.05, 4.69) is 0 Å². The summed E-state index contributed by atoms with van der Waals surface area (Å²) in [6.45, 7) is -0.775. The highest BCUT2D eigenvalue weighted by Crippen LogP contribution is 2.28. The Balaban J connectivity index is 1.94. The molecule has 1 aromatic rings. The fourth-order valence-corrected chi connectivity index (χ4v) is 3.08. The van der Waals surface area contributed by atoms with E-state index in [1.54, 1.807) is 0 Å². The van der Waals surface area contributed by atoms with E-state index in [9.17, 15) is 45.0 Å². The number of allylic oxidation sites excluding steroid dienone is 4. The molecular formula is C21H20O11. The summed E-state index contributed by atoms with van der Waals surface area (Å²) < 4.78 is 10.4. The van der Waals surface area contributed by atoms with Crippen LogP contribution >= 0.6 is 0 Å². The van der Waals surface area contributed by atoms with E-state index in [-0.39, 0.29) is 5.75 Å². The maximum absolute atomic E-state index is 12.7. The summed E-state index contributed by atoms with van der Waals surface area (Å²) in [6.07, 6.45) is -5.85. The molecule has 1 fully saturated rings. The number of Topliss-reactive ketones (excluding diaryl/α,β-unsaturated/α-hetero) is 1. The van der Waals surface area contributed by atoms with Crippen LogP contribution < -0.4 is 0 Å². The molecule has 1 aliphatic heterocycles.